The van der Waals surface area contributed by atoms with Gasteiger partial charge in [0.25, 0.3) is 0 Å². The first-order valence-electron chi connectivity index (χ1n) is 8.18. The summed E-state index contributed by atoms with van der Waals surface area (Å²) in [6.45, 7) is 0. The van der Waals surface area contributed by atoms with E-state index >= 15 is 0 Å². The summed E-state index contributed by atoms with van der Waals surface area (Å²) in [6.07, 6.45) is 2.84. The number of carbonyl (C=O) groups excluding carboxylic acids is 1. The van der Waals surface area contributed by atoms with Crippen molar-refractivity contribution in [2.45, 2.75) is 0 Å². The molecule has 0 atom stereocenters. The second kappa shape index (κ2) is 8.90. The smallest absolute Gasteiger partial charge is 0.211 e. The first-order valence-corrected chi connectivity index (χ1v) is 8.18. The molecule has 0 aliphatic carbocycles. The summed E-state index contributed by atoms with van der Waals surface area (Å²) in [7, 11) is 6.99. The number of ether oxygens (including phenoxy) is 5. The monoisotopic (exact) mass is 389 g/mol. The molecule has 0 fully saturated rings. The van der Waals surface area contributed by atoms with Gasteiger partial charge in [-0.25, -0.2) is 0 Å². The topological polar surface area (TPSA) is 109 Å². The van der Waals surface area contributed by atoms with Gasteiger partial charge in [0.1, 0.15) is 11.3 Å². The molecule has 0 aliphatic heterocycles. The third kappa shape index (κ3) is 3.75. The van der Waals surface area contributed by atoms with E-state index in [4.69, 9.17) is 29.4 Å². The molecule has 3 N–H and O–H groups in total. The van der Waals surface area contributed by atoms with Gasteiger partial charge in [-0.05, 0) is 23.8 Å². The predicted octanol–water partition coefficient (Wildman–Crippen LogP) is 2.91. The van der Waals surface area contributed by atoms with Crippen LogP contribution in [0.25, 0.3) is 6.08 Å². The number of rotatable bonds is 8. The van der Waals surface area contributed by atoms with Gasteiger partial charge in [0.15, 0.2) is 17.3 Å². The molecule has 0 aromatic heterocycles. The maximum absolute atomic E-state index is 12.8. The van der Waals surface area contributed by atoms with E-state index in [1.807, 2.05) is 0 Å². The van der Waals surface area contributed by atoms with Crippen LogP contribution in [0.15, 0.2) is 24.3 Å². The lowest BCUT2D eigenvalue weighted by Gasteiger charge is -2.19. The summed E-state index contributed by atoms with van der Waals surface area (Å²) >= 11 is 0. The number of allylic oxidation sites excluding steroid dienone is 1. The van der Waals surface area contributed by atoms with Gasteiger partial charge in [0.05, 0.1) is 41.2 Å². The van der Waals surface area contributed by atoms with E-state index in [1.165, 1.54) is 41.6 Å². The Balaban J connectivity index is 2.54. The Hall–Kier alpha value is -3.55. The zero-order valence-corrected chi connectivity index (χ0v) is 16.4. The number of anilines is 1. The zero-order chi connectivity index (χ0) is 20.8. The average Bonchev–Trinajstić information content (AvgIpc) is 2.70. The molecule has 8 heteroatoms. The van der Waals surface area contributed by atoms with E-state index < -0.39 is 11.5 Å². The van der Waals surface area contributed by atoms with Crippen molar-refractivity contribution in [3.05, 3.63) is 35.4 Å². The fourth-order valence-corrected chi connectivity index (χ4v) is 2.74. The molecule has 2 aromatic rings. The van der Waals surface area contributed by atoms with Crippen molar-refractivity contribution in [1.82, 2.24) is 0 Å². The van der Waals surface area contributed by atoms with Crippen molar-refractivity contribution in [2.24, 2.45) is 0 Å². The van der Waals surface area contributed by atoms with E-state index in [9.17, 15) is 9.90 Å². The van der Waals surface area contributed by atoms with Crippen LogP contribution >= 0.6 is 0 Å². The fourth-order valence-electron chi connectivity index (χ4n) is 2.74. The highest BCUT2D eigenvalue weighted by atomic mass is 16.5. The molecule has 150 valence electrons. The first kappa shape index (κ1) is 20.8. The summed E-state index contributed by atoms with van der Waals surface area (Å²) in [5.74, 6) is -0.170. The molecule has 0 saturated heterocycles. The molecule has 0 unspecified atom stereocenters. The molecule has 0 aliphatic rings. The number of hydrogen-bond acceptors (Lipinski definition) is 8. The highest BCUT2D eigenvalue weighted by Gasteiger charge is 2.30. The lowest BCUT2D eigenvalue weighted by atomic mass is 10.0. The SMILES string of the molecule is COc1ccc(/C=C/C(=O)c2c(O)c(OC)c(OC)c(OC)c2OC)cc1N. The maximum atomic E-state index is 12.8. The molecular weight excluding hydrogens is 366 g/mol. The van der Waals surface area contributed by atoms with Gasteiger partial charge in [0.2, 0.25) is 17.2 Å². The first-order chi connectivity index (χ1) is 13.4. The molecule has 8 nitrogen and oxygen atoms in total. The molecule has 0 saturated carbocycles. The van der Waals surface area contributed by atoms with Crippen LogP contribution in [0.4, 0.5) is 5.69 Å². The summed E-state index contributed by atoms with van der Waals surface area (Å²) in [5.41, 5.74) is 6.87. The van der Waals surface area contributed by atoms with Crippen molar-refractivity contribution in [1.29, 1.82) is 0 Å². The summed E-state index contributed by atoms with van der Waals surface area (Å²) < 4.78 is 26.1. The van der Waals surface area contributed by atoms with Crippen LogP contribution in [-0.4, -0.2) is 46.4 Å². The van der Waals surface area contributed by atoms with Crippen molar-refractivity contribution in [3.63, 3.8) is 0 Å². The number of phenolic OH excluding ortho intramolecular Hbond substituents is 1. The van der Waals surface area contributed by atoms with E-state index in [-0.39, 0.29) is 28.6 Å². The molecule has 2 rings (SSSR count). The Labute approximate surface area is 163 Å². The zero-order valence-electron chi connectivity index (χ0n) is 16.4. The van der Waals surface area contributed by atoms with Crippen LogP contribution in [-0.2, 0) is 0 Å². The van der Waals surface area contributed by atoms with Crippen LogP contribution in [0.5, 0.6) is 34.5 Å². The van der Waals surface area contributed by atoms with E-state index in [0.717, 1.165) is 0 Å². The van der Waals surface area contributed by atoms with Gasteiger partial charge in [-0.2, -0.15) is 0 Å². The van der Waals surface area contributed by atoms with Crippen LogP contribution in [0.2, 0.25) is 0 Å². The Morgan fingerprint density at radius 1 is 0.893 bits per heavy atom. The number of phenols is 1. The third-order valence-electron chi connectivity index (χ3n) is 4.04. The fraction of sp³-hybridized carbons (Fsp3) is 0.250. The van der Waals surface area contributed by atoms with Gasteiger partial charge in [-0.3, -0.25) is 4.79 Å². The normalized spacial score (nSPS) is 10.6. The lowest BCUT2D eigenvalue weighted by molar-refractivity contribution is 0.104. The number of nitrogens with two attached hydrogens (primary N) is 1. The summed E-state index contributed by atoms with van der Waals surface area (Å²) in [6, 6.07) is 5.09. The van der Waals surface area contributed by atoms with Crippen molar-refractivity contribution in [2.75, 3.05) is 41.3 Å². The highest BCUT2D eigenvalue weighted by molar-refractivity contribution is 6.12. The Kier molecular flexibility index (Phi) is 6.59. The summed E-state index contributed by atoms with van der Waals surface area (Å²) in [5, 5.41) is 10.6. The van der Waals surface area contributed by atoms with Crippen LogP contribution in [0.3, 0.4) is 0 Å². The Morgan fingerprint density at radius 2 is 1.46 bits per heavy atom. The molecule has 0 spiro atoms. The minimum absolute atomic E-state index is 0.0292. The van der Waals surface area contributed by atoms with Crippen LogP contribution in [0.1, 0.15) is 15.9 Å². The molecule has 0 radical (unpaired) electrons. The van der Waals surface area contributed by atoms with Crippen molar-refractivity contribution >= 4 is 17.5 Å². The highest BCUT2D eigenvalue weighted by Crippen LogP contribution is 2.53. The Morgan fingerprint density at radius 3 is 1.96 bits per heavy atom. The van der Waals surface area contributed by atoms with E-state index in [0.29, 0.717) is 17.0 Å². The van der Waals surface area contributed by atoms with Gasteiger partial charge in [-0.1, -0.05) is 12.1 Å². The second-order valence-electron chi connectivity index (χ2n) is 5.56. The van der Waals surface area contributed by atoms with Gasteiger partial charge in [0, 0.05) is 0 Å². The molecule has 2 aromatic carbocycles. The molecule has 0 amide bonds. The number of ketones is 1. The van der Waals surface area contributed by atoms with E-state index in [2.05, 4.69) is 0 Å². The molecular formula is C20H23NO7. The van der Waals surface area contributed by atoms with Crippen molar-refractivity contribution < 1.29 is 33.6 Å². The maximum Gasteiger partial charge on any atom is 0.211 e. The summed E-state index contributed by atoms with van der Waals surface area (Å²) in [4.78, 5) is 12.8. The van der Waals surface area contributed by atoms with Gasteiger partial charge < -0.3 is 34.5 Å². The third-order valence-corrected chi connectivity index (χ3v) is 4.04. The molecule has 28 heavy (non-hydrogen) atoms. The van der Waals surface area contributed by atoms with Gasteiger partial charge >= 0.3 is 0 Å². The van der Waals surface area contributed by atoms with Crippen molar-refractivity contribution in [3.8, 4) is 34.5 Å². The number of aromatic hydroxyl groups is 1. The standard InChI is InChI=1S/C20H23NO7/c1-24-14-9-7-11(10-12(14)21)6-8-13(22)15-16(23)18(26-3)20(28-5)19(27-4)17(15)25-2/h6-10,23H,21H2,1-5H3/b8-6+. The number of benzene rings is 2. The molecule has 0 bridgehead atoms. The minimum Gasteiger partial charge on any atom is -0.504 e. The number of nitrogen functional groups attached to an aromatic ring is 1. The number of methoxy groups -OCH3 is 5. The largest absolute Gasteiger partial charge is 0.504 e. The van der Waals surface area contributed by atoms with Gasteiger partial charge in [-0.15, -0.1) is 0 Å². The average molecular weight is 389 g/mol. The van der Waals surface area contributed by atoms with Crippen LogP contribution < -0.4 is 29.4 Å². The second-order valence-corrected chi connectivity index (χ2v) is 5.56. The quantitative estimate of drug-likeness (QED) is 0.403. The molecule has 0 heterocycles. The van der Waals surface area contributed by atoms with Crippen LogP contribution in [0, 0.1) is 0 Å². The Bertz CT molecular complexity index is 906. The van der Waals surface area contributed by atoms with E-state index in [1.54, 1.807) is 24.3 Å². The lowest BCUT2D eigenvalue weighted by Crippen LogP contribution is -2.06. The number of carbonyl (C=O) groups is 1. The minimum atomic E-state index is -0.525. The predicted molar refractivity (Wildman–Crippen MR) is 105 cm³/mol. The number of hydrogen-bond donors (Lipinski definition) is 2.